The number of aromatic hydroxyl groups is 1. The van der Waals surface area contributed by atoms with Gasteiger partial charge in [0.15, 0.2) is 0 Å². The molecule has 0 saturated heterocycles. The first kappa shape index (κ1) is 38.5. The molecule has 0 aromatic heterocycles. The van der Waals surface area contributed by atoms with E-state index in [0.29, 0.717) is 5.75 Å². The zero-order chi connectivity index (χ0) is 42.7. The zero-order valence-corrected chi connectivity index (χ0v) is 36.1. The fourth-order valence-corrected chi connectivity index (χ4v) is 11.0. The number of phenolic OH excluding ortho intramolecular Hbond substituents is 1. The molecule has 0 bridgehead atoms. The van der Waals surface area contributed by atoms with Crippen molar-refractivity contribution in [1.29, 1.82) is 0 Å². The number of aryl methyl sites for hydroxylation is 3. The lowest BCUT2D eigenvalue weighted by Crippen LogP contribution is -2.31. The summed E-state index contributed by atoms with van der Waals surface area (Å²) in [7, 11) is 0. The molecule has 9 aromatic rings. The van der Waals surface area contributed by atoms with Gasteiger partial charge in [0.1, 0.15) is 5.75 Å². The predicted octanol–water partition coefficient (Wildman–Crippen LogP) is 15.9. The number of para-hydroxylation sites is 1. The summed E-state index contributed by atoms with van der Waals surface area (Å²) in [6.45, 7) is 6.77. The van der Waals surface area contributed by atoms with Crippen LogP contribution in [0.25, 0.3) is 50.2 Å². The maximum absolute atomic E-state index is 12.9. The van der Waals surface area contributed by atoms with E-state index in [9.17, 15) is 5.11 Å². The minimum atomic E-state index is -0.800. The van der Waals surface area contributed by atoms with Crippen LogP contribution >= 0.6 is 0 Å². The van der Waals surface area contributed by atoms with Crippen LogP contribution in [0.2, 0.25) is 0 Å². The van der Waals surface area contributed by atoms with Crippen molar-refractivity contribution in [3.8, 4) is 39.1 Å². The number of fused-ring (bicyclic) bond motifs is 5. The Morgan fingerprint density at radius 1 is 0.508 bits per heavy atom. The van der Waals surface area contributed by atoms with Crippen LogP contribution in [0.4, 0.5) is 17.1 Å². The third-order valence-corrected chi connectivity index (χ3v) is 13.8. The van der Waals surface area contributed by atoms with Crippen molar-refractivity contribution in [2.75, 3.05) is 4.90 Å². The molecule has 63 heavy (non-hydrogen) atoms. The zero-order valence-electron chi connectivity index (χ0n) is 36.1. The SMILES string of the molecule is CCc1c(C2(c3cc(C)c4c(c3O)C=CCC4)c3ccccc3-c3c(-c4cccc(N(c5ccccc5)c5ccc(-c6ccccc6)cc5)c4)cccc32)cc(C)c2ccccc12. The van der Waals surface area contributed by atoms with Gasteiger partial charge in [-0.3, -0.25) is 0 Å². The van der Waals surface area contributed by atoms with Gasteiger partial charge >= 0.3 is 0 Å². The summed E-state index contributed by atoms with van der Waals surface area (Å²) in [5.74, 6) is 0.381. The van der Waals surface area contributed by atoms with Crippen LogP contribution in [0.1, 0.15) is 63.4 Å². The highest BCUT2D eigenvalue weighted by atomic mass is 16.3. The second kappa shape index (κ2) is 15.5. The summed E-state index contributed by atoms with van der Waals surface area (Å²) >= 11 is 0. The van der Waals surface area contributed by atoms with Crippen molar-refractivity contribution in [3.63, 3.8) is 0 Å². The number of hydrogen-bond donors (Lipinski definition) is 1. The summed E-state index contributed by atoms with van der Waals surface area (Å²) < 4.78 is 0. The molecule has 2 heteroatoms. The molecule has 11 rings (SSSR count). The largest absolute Gasteiger partial charge is 0.507 e. The summed E-state index contributed by atoms with van der Waals surface area (Å²) in [6.07, 6.45) is 7.13. The smallest absolute Gasteiger partial charge is 0.127 e. The number of allylic oxidation sites excluding steroid dienone is 1. The second-order valence-corrected chi connectivity index (χ2v) is 17.2. The number of nitrogens with zero attached hydrogens (tertiary/aromatic N) is 1. The van der Waals surface area contributed by atoms with Gasteiger partial charge in [-0.25, -0.2) is 0 Å². The van der Waals surface area contributed by atoms with Gasteiger partial charge < -0.3 is 10.0 Å². The van der Waals surface area contributed by atoms with E-state index >= 15 is 0 Å². The molecule has 2 aliphatic rings. The Hall–Kier alpha value is -7.42. The molecule has 0 aliphatic heterocycles. The Balaban J connectivity index is 1.17. The average molecular weight is 812 g/mol. The van der Waals surface area contributed by atoms with Crippen molar-refractivity contribution >= 4 is 33.9 Å². The van der Waals surface area contributed by atoms with Gasteiger partial charge in [0.25, 0.3) is 0 Å². The summed E-state index contributed by atoms with van der Waals surface area (Å²) in [4.78, 5) is 2.35. The Morgan fingerprint density at radius 2 is 1.11 bits per heavy atom. The van der Waals surface area contributed by atoms with Gasteiger partial charge in [-0.05, 0) is 153 Å². The lowest BCUT2D eigenvalue weighted by Gasteiger charge is -2.38. The van der Waals surface area contributed by atoms with Crippen molar-refractivity contribution in [1.82, 2.24) is 0 Å². The van der Waals surface area contributed by atoms with Gasteiger partial charge in [-0.2, -0.15) is 0 Å². The van der Waals surface area contributed by atoms with Gasteiger partial charge in [-0.1, -0.05) is 171 Å². The minimum absolute atomic E-state index is 0.381. The summed E-state index contributed by atoms with van der Waals surface area (Å²) in [5.41, 5.74) is 20.1. The van der Waals surface area contributed by atoms with Crippen molar-refractivity contribution in [2.24, 2.45) is 0 Å². The normalized spacial score (nSPS) is 14.9. The number of benzene rings is 9. The van der Waals surface area contributed by atoms with Gasteiger partial charge in [0.2, 0.25) is 0 Å². The predicted molar refractivity (Wildman–Crippen MR) is 265 cm³/mol. The third kappa shape index (κ3) is 6.08. The van der Waals surface area contributed by atoms with Crippen LogP contribution in [0.3, 0.4) is 0 Å². The Morgan fingerprint density at radius 3 is 1.90 bits per heavy atom. The van der Waals surface area contributed by atoms with E-state index in [-0.39, 0.29) is 0 Å². The van der Waals surface area contributed by atoms with E-state index in [2.05, 4.69) is 226 Å². The van der Waals surface area contributed by atoms with E-state index in [1.54, 1.807) is 0 Å². The van der Waals surface area contributed by atoms with Crippen molar-refractivity contribution in [3.05, 3.63) is 244 Å². The monoisotopic (exact) mass is 811 g/mol. The van der Waals surface area contributed by atoms with E-state index in [4.69, 9.17) is 0 Å². The Labute approximate surface area is 371 Å². The molecule has 0 heterocycles. The number of hydrogen-bond acceptors (Lipinski definition) is 2. The quantitative estimate of drug-likeness (QED) is 0.165. The highest BCUT2D eigenvalue weighted by molar-refractivity contribution is 5.99. The molecule has 0 amide bonds. The number of rotatable bonds is 8. The molecule has 0 spiro atoms. The molecule has 1 unspecified atom stereocenters. The van der Waals surface area contributed by atoms with E-state index in [0.717, 1.165) is 53.0 Å². The molecular formula is C61H49NO. The first-order valence-corrected chi connectivity index (χ1v) is 22.4. The number of phenols is 1. The fourth-order valence-electron chi connectivity index (χ4n) is 11.0. The van der Waals surface area contributed by atoms with Crippen LogP contribution in [0.5, 0.6) is 5.75 Å². The maximum Gasteiger partial charge on any atom is 0.127 e. The summed E-state index contributed by atoms with van der Waals surface area (Å²) in [5, 5.41) is 15.4. The molecule has 1 N–H and O–H groups in total. The number of anilines is 3. The minimum Gasteiger partial charge on any atom is -0.507 e. The van der Waals surface area contributed by atoms with Gasteiger partial charge in [0, 0.05) is 28.2 Å². The first-order valence-electron chi connectivity index (χ1n) is 22.4. The molecule has 2 aliphatic carbocycles. The fraction of sp³-hybridized carbons (Fsp3) is 0.115. The first-order chi connectivity index (χ1) is 31.0. The topological polar surface area (TPSA) is 23.5 Å². The molecule has 0 fully saturated rings. The van der Waals surface area contributed by atoms with Crippen molar-refractivity contribution < 1.29 is 5.11 Å². The maximum atomic E-state index is 12.9. The van der Waals surface area contributed by atoms with Crippen LogP contribution in [-0.2, 0) is 18.3 Å². The molecule has 304 valence electrons. The second-order valence-electron chi connectivity index (χ2n) is 17.2. The van der Waals surface area contributed by atoms with Crippen molar-refractivity contribution in [2.45, 2.75) is 45.4 Å². The van der Waals surface area contributed by atoms with Crippen LogP contribution in [-0.4, -0.2) is 5.11 Å². The lowest BCUT2D eigenvalue weighted by molar-refractivity contribution is 0.458. The third-order valence-electron chi connectivity index (χ3n) is 13.8. The van der Waals surface area contributed by atoms with Crippen LogP contribution in [0, 0.1) is 13.8 Å². The van der Waals surface area contributed by atoms with Gasteiger partial charge in [0.05, 0.1) is 5.41 Å². The van der Waals surface area contributed by atoms with Crippen LogP contribution in [0.15, 0.2) is 194 Å². The average Bonchev–Trinajstić information content (AvgIpc) is 3.64. The molecule has 0 radical (unpaired) electrons. The molecule has 1 atom stereocenters. The van der Waals surface area contributed by atoms with E-state index in [1.165, 1.54) is 77.5 Å². The lowest BCUT2D eigenvalue weighted by atomic mass is 9.64. The van der Waals surface area contributed by atoms with E-state index in [1.807, 2.05) is 0 Å². The molecule has 9 aromatic carbocycles. The Kier molecular flexibility index (Phi) is 9.46. The highest BCUT2D eigenvalue weighted by Crippen LogP contribution is 2.62. The summed E-state index contributed by atoms with van der Waals surface area (Å²) in [6, 6.07) is 68.6. The van der Waals surface area contributed by atoms with Gasteiger partial charge in [-0.15, -0.1) is 0 Å². The molecule has 0 saturated carbocycles. The Bertz CT molecular complexity index is 3230. The van der Waals surface area contributed by atoms with E-state index < -0.39 is 5.41 Å². The molecule has 2 nitrogen and oxygen atoms in total. The highest BCUT2D eigenvalue weighted by Gasteiger charge is 2.50. The van der Waals surface area contributed by atoms with Crippen LogP contribution < -0.4 is 4.90 Å². The standard InChI is InChI=1S/C61H49NO/c1-4-48-52-27-13-11-25-49(52)40(2)37-57(48)61(58-38-41(3)50-26-12-14-28-53(50)60(58)63)55-31-16-15-29-54(55)59-51(30-18-32-56(59)61)44-21-17-24-47(39-44)62(45-22-9-6-10-23-45)46-35-33-43(34-36-46)42-19-7-5-8-20-42/h5-11,13-25,27-39,63H,4,12,26H2,1-3H3. The molecular weight excluding hydrogens is 763 g/mol.